The van der Waals surface area contributed by atoms with E-state index >= 15 is 0 Å². The molecule has 4 heteroatoms. The normalized spacial score (nSPS) is 12.0. The van der Waals surface area contributed by atoms with Gasteiger partial charge < -0.3 is 4.57 Å². The van der Waals surface area contributed by atoms with Crippen LogP contribution in [-0.2, 0) is 0 Å². The van der Waals surface area contributed by atoms with E-state index in [1.165, 1.54) is 16.7 Å². The molecule has 0 aliphatic heterocycles. The smallest absolute Gasteiger partial charge is 0.160 e. The van der Waals surface area contributed by atoms with Crippen molar-refractivity contribution >= 4 is 29.3 Å². The van der Waals surface area contributed by atoms with Crippen molar-refractivity contribution in [3.8, 4) is 5.69 Å². The predicted molar refractivity (Wildman–Crippen MR) is 110 cm³/mol. The molecular weight excluding hydrogens is 340 g/mol. The van der Waals surface area contributed by atoms with Crippen molar-refractivity contribution in [2.75, 3.05) is 0 Å². The van der Waals surface area contributed by atoms with Gasteiger partial charge in [-0.25, -0.2) is 4.98 Å². The van der Waals surface area contributed by atoms with Gasteiger partial charge in [-0.3, -0.25) is 4.79 Å². The Morgan fingerprint density at radius 1 is 1.15 bits per heavy atom. The first-order chi connectivity index (χ1) is 12.4. The summed E-state index contributed by atoms with van der Waals surface area (Å²) in [6.45, 7) is 10.6. The minimum atomic E-state index is 0.385. The van der Waals surface area contributed by atoms with Gasteiger partial charge in [-0.05, 0) is 73.2 Å². The van der Waals surface area contributed by atoms with Gasteiger partial charge in [0.1, 0.15) is 5.82 Å². The Bertz CT molecular complexity index is 976. The minimum Gasteiger partial charge on any atom is -0.304 e. The highest BCUT2D eigenvalue weighted by Gasteiger charge is 2.13. The summed E-state index contributed by atoms with van der Waals surface area (Å²) < 4.78 is 2.09. The summed E-state index contributed by atoms with van der Waals surface area (Å²) in [5, 5.41) is 0. The molecule has 2 aromatic heterocycles. The van der Waals surface area contributed by atoms with Crippen LogP contribution in [0.2, 0.25) is 0 Å². The first-order valence-corrected chi connectivity index (χ1v) is 9.61. The zero-order valence-electron chi connectivity index (χ0n) is 15.9. The number of allylic oxidation sites excluding steroid dienone is 1. The van der Waals surface area contributed by atoms with Gasteiger partial charge in [0.25, 0.3) is 0 Å². The van der Waals surface area contributed by atoms with Gasteiger partial charge in [0.2, 0.25) is 0 Å². The average Bonchev–Trinajstić information content (AvgIpc) is 3.18. The zero-order chi connectivity index (χ0) is 18.8. The summed E-state index contributed by atoms with van der Waals surface area (Å²) in [4.78, 5) is 17.3. The molecule has 0 radical (unpaired) electrons. The molecule has 0 saturated carbocycles. The van der Waals surface area contributed by atoms with E-state index < -0.39 is 0 Å². The van der Waals surface area contributed by atoms with E-state index in [0.29, 0.717) is 5.92 Å². The Labute approximate surface area is 159 Å². The van der Waals surface area contributed by atoms with Crippen molar-refractivity contribution in [2.24, 2.45) is 5.92 Å². The highest BCUT2D eigenvalue weighted by Crippen LogP contribution is 2.32. The lowest BCUT2D eigenvalue weighted by molar-refractivity contribution is 0.112. The molecule has 0 saturated heterocycles. The van der Waals surface area contributed by atoms with Gasteiger partial charge in [0.05, 0.1) is 4.88 Å². The summed E-state index contributed by atoms with van der Waals surface area (Å²) in [6.07, 6.45) is 6.97. The van der Waals surface area contributed by atoms with Crippen LogP contribution in [-0.4, -0.2) is 15.8 Å². The lowest BCUT2D eigenvalue weighted by atomic mass is 9.91. The molecule has 0 N–H and O–H groups in total. The summed E-state index contributed by atoms with van der Waals surface area (Å²) in [5.41, 5.74) is 6.06. The highest BCUT2D eigenvalue weighted by atomic mass is 32.1. The lowest BCUT2D eigenvalue weighted by Gasteiger charge is -2.16. The number of aromatic nitrogens is 2. The summed E-state index contributed by atoms with van der Waals surface area (Å²) in [5.74, 6) is 1.36. The van der Waals surface area contributed by atoms with Crippen molar-refractivity contribution in [1.82, 2.24) is 9.55 Å². The predicted octanol–water partition coefficient (Wildman–Crippen LogP) is 5.87. The third-order valence-corrected chi connectivity index (χ3v) is 5.73. The minimum absolute atomic E-state index is 0.385. The number of aryl methyl sites for hydroxylation is 3. The van der Waals surface area contributed by atoms with Crippen LogP contribution < -0.4 is 0 Å². The molecule has 1 aromatic carbocycles. The van der Waals surface area contributed by atoms with E-state index in [2.05, 4.69) is 61.5 Å². The zero-order valence-corrected chi connectivity index (χ0v) is 16.7. The van der Waals surface area contributed by atoms with Crippen molar-refractivity contribution in [3.05, 3.63) is 68.9 Å². The Hall–Kier alpha value is -2.46. The van der Waals surface area contributed by atoms with E-state index in [-0.39, 0.29) is 0 Å². The third-order valence-electron chi connectivity index (χ3n) is 4.62. The summed E-state index contributed by atoms with van der Waals surface area (Å²) in [6, 6.07) is 8.50. The second kappa shape index (κ2) is 7.42. The molecule has 0 spiro atoms. The summed E-state index contributed by atoms with van der Waals surface area (Å²) in [7, 11) is 0. The molecule has 0 bridgehead atoms. The number of thiophene rings is 1. The molecule has 3 nitrogen and oxygen atoms in total. The molecule has 0 fully saturated rings. The van der Waals surface area contributed by atoms with Crippen LogP contribution in [0, 0.1) is 26.7 Å². The first kappa shape index (κ1) is 18.3. The quantitative estimate of drug-likeness (QED) is 0.531. The maximum absolute atomic E-state index is 11.1. The number of carbonyl (C=O) groups excluding carboxylic acids is 1. The second-order valence-electron chi connectivity index (χ2n) is 6.91. The third kappa shape index (κ3) is 3.56. The van der Waals surface area contributed by atoms with Crippen LogP contribution in [0.5, 0.6) is 0 Å². The van der Waals surface area contributed by atoms with Crippen LogP contribution >= 0.6 is 11.3 Å². The standard InChI is InChI=1S/C22H24N2OS/c1-14(2)21(12-22-16(4)11-19(13-25)26-22)20-7-6-18(10-15(20)3)24-9-8-23-17(24)5/h6-14H,1-5H3/b21-12+. The lowest BCUT2D eigenvalue weighted by Crippen LogP contribution is -2.00. The molecule has 0 aliphatic rings. The Morgan fingerprint density at radius 2 is 1.92 bits per heavy atom. The highest BCUT2D eigenvalue weighted by molar-refractivity contribution is 7.14. The fourth-order valence-electron chi connectivity index (χ4n) is 3.19. The molecule has 0 aliphatic carbocycles. The van der Waals surface area contributed by atoms with E-state index in [4.69, 9.17) is 0 Å². The number of benzene rings is 1. The fourth-order valence-corrected chi connectivity index (χ4v) is 4.14. The molecule has 2 heterocycles. The van der Waals surface area contributed by atoms with E-state index in [1.54, 1.807) is 11.3 Å². The SMILES string of the molecule is Cc1cc(-n2ccnc2C)ccc1/C(=C/c1sc(C=O)cc1C)C(C)C. The first-order valence-electron chi connectivity index (χ1n) is 8.79. The van der Waals surface area contributed by atoms with Gasteiger partial charge >= 0.3 is 0 Å². The van der Waals surface area contributed by atoms with Crippen LogP contribution in [0.3, 0.4) is 0 Å². The van der Waals surface area contributed by atoms with Gasteiger partial charge in [-0.15, -0.1) is 11.3 Å². The molecule has 3 aromatic rings. The van der Waals surface area contributed by atoms with E-state index in [1.807, 2.05) is 25.4 Å². The Morgan fingerprint density at radius 3 is 2.46 bits per heavy atom. The number of carbonyl (C=O) groups is 1. The van der Waals surface area contributed by atoms with Gasteiger partial charge in [-0.2, -0.15) is 0 Å². The van der Waals surface area contributed by atoms with Gasteiger partial charge in [0, 0.05) is 23.0 Å². The van der Waals surface area contributed by atoms with E-state index in [9.17, 15) is 4.79 Å². The number of hydrogen-bond acceptors (Lipinski definition) is 3. The maximum Gasteiger partial charge on any atom is 0.160 e. The van der Waals surface area contributed by atoms with Crippen molar-refractivity contribution in [3.63, 3.8) is 0 Å². The molecular formula is C22H24N2OS. The number of rotatable bonds is 5. The number of aldehydes is 1. The van der Waals surface area contributed by atoms with Crippen LogP contribution in [0.4, 0.5) is 0 Å². The summed E-state index contributed by atoms with van der Waals surface area (Å²) >= 11 is 1.55. The van der Waals surface area contributed by atoms with Crippen molar-refractivity contribution in [2.45, 2.75) is 34.6 Å². The number of imidazole rings is 1. The number of nitrogens with zero attached hydrogens (tertiary/aromatic N) is 2. The molecule has 3 rings (SSSR count). The van der Waals surface area contributed by atoms with Crippen molar-refractivity contribution < 1.29 is 4.79 Å². The maximum atomic E-state index is 11.1. The van der Waals surface area contributed by atoms with E-state index in [0.717, 1.165) is 33.1 Å². The Kier molecular flexibility index (Phi) is 5.23. The molecule has 134 valence electrons. The average molecular weight is 365 g/mol. The van der Waals surface area contributed by atoms with Crippen LogP contribution in [0.15, 0.2) is 36.7 Å². The topological polar surface area (TPSA) is 34.9 Å². The van der Waals surface area contributed by atoms with Crippen LogP contribution in [0.1, 0.15) is 50.9 Å². The Balaban J connectivity index is 2.06. The van der Waals surface area contributed by atoms with Crippen molar-refractivity contribution in [1.29, 1.82) is 0 Å². The molecule has 0 atom stereocenters. The van der Waals surface area contributed by atoms with Crippen LogP contribution in [0.25, 0.3) is 17.3 Å². The van der Waals surface area contributed by atoms with Gasteiger partial charge in [0.15, 0.2) is 6.29 Å². The molecule has 26 heavy (non-hydrogen) atoms. The monoisotopic (exact) mass is 364 g/mol. The largest absolute Gasteiger partial charge is 0.304 e. The fraction of sp³-hybridized carbons (Fsp3) is 0.273. The molecule has 0 unspecified atom stereocenters. The second-order valence-corrected chi connectivity index (χ2v) is 8.03. The van der Waals surface area contributed by atoms with Gasteiger partial charge in [-0.1, -0.05) is 19.9 Å². The number of hydrogen-bond donors (Lipinski definition) is 0. The molecule has 0 amide bonds.